The molecule has 1 nitrogen and oxygen atoms in total. The minimum Gasteiger partial charge on any atom is -0.390 e. The number of aliphatic hydroxyl groups is 1. The van der Waals surface area contributed by atoms with Crippen LogP contribution in [0.1, 0.15) is 46.5 Å². The van der Waals surface area contributed by atoms with Crippen LogP contribution in [-0.2, 0) is 0 Å². The normalized spacial score (nSPS) is 26.0. The molecule has 1 heteroatoms. The molecule has 0 unspecified atom stereocenters. The largest absolute Gasteiger partial charge is 0.390 e. The van der Waals surface area contributed by atoms with Gasteiger partial charge in [-0.2, -0.15) is 0 Å². The molecule has 2 aliphatic carbocycles. The lowest BCUT2D eigenvalue weighted by Crippen LogP contribution is -2.44. The second-order valence-corrected chi connectivity index (χ2v) is 5.39. The maximum Gasteiger partial charge on any atom is 0.0650 e. The highest BCUT2D eigenvalue weighted by molar-refractivity contribution is 5.07. The van der Waals surface area contributed by atoms with Crippen molar-refractivity contribution in [3.05, 3.63) is 0 Å². The molecule has 0 spiro atoms. The Morgan fingerprint density at radius 3 is 1.42 bits per heavy atom. The lowest BCUT2D eigenvalue weighted by molar-refractivity contribution is -0.0728. The summed E-state index contributed by atoms with van der Waals surface area (Å²) in [5, 5.41) is 10.2. The van der Waals surface area contributed by atoms with E-state index in [4.69, 9.17) is 0 Å². The van der Waals surface area contributed by atoms with Crippen LogP contribution in [0.3, 0.4) is 0 Å². The van der Waals surface area contributed by atoms with Crippen LogP contribution in [0.25, 0.3) is 0 Å². The van der Waals surface area contributed by atoms with Crippen LogP contribution in [0, 0.1) is 17.3 Å². The van der Waals surface area contributed by atoms with E-state index in [9.17, 15) is 5.11 Å². The Morgan fingerprint density at radius 1 is 0.917 bits per heavy atom. The summed E-state index contributed by atoms with van der Waals surface area (Å²) in [6.07, 6.45) is 5.38. The fraction of sp³-hybridized carbons (Fsp3) is 1.00. The summed E-state index contributed by atoms with van der Waals surface area (Å²) in [6.45, 7) is 6.27. The molecule has 2 saturated carbocycles. The first kappa shape index (κ1) is 8.55. The van der Waals surface area contributed by atoms with Gasteiger partial charge in [0.05, 0.1) is 5.60 Å². The topological polar surface area (TPSA) is 20.2 Å². The van der Waals surface area contributed by atoms with E-state index in [1.54, 1.807) is 0 Å². The highest BCUT2D eigenvalue weighted by Crippen LogP contribution is 2.62. The smallest absolute Gasteiger partial charge is 0.0650 e. The summed E-state index contributed by atoms with van der Waals surface area (Å²) in [5.74, 6) is 1.62. The van der Waals surface area contributed by atoms with E-state index in [1.807, 2.05) is 13.8 Å². The van der Waals surface area contributed by atoms with Crippen LogP contribution in [0.15, 0.2) is 0 Å². The van der Waals surface area contributed by atoms with Gasteiger partial charge in [-0.05, 0) is 51.4 Å². The van der Waals surface area contributed by atoms with Crippen molar-refractivity contribution in [2.45, 2.75) is 52.1 Å². The molecule has 2 rings (SSSR count). The number of hydrogen-bond donors (Lipinski definition) is 1. The molecule has 12 heavy (non-hydrogen) atoms. The van der Waals surface area contributed by atoms with E-state index in [0.29, 0.717) is 0 Å². The molecule has 0 aromatic heterocycles. The monoisotopic (exact) mass is 168 g/mol. The molecule has 70 valence electrons. The predicted molar refractivity (Wildman–Crippen MR) is 49.9 cm³/mol. The zero-order valence-electron chi connectivity index (χ0n) is 8.43. The Hall–Kier alpha value is -0.0400. The van der Waals surface area contributed by atoms with Gasteiger partial charge in [0.25, 0.3) is 0 Å². The van der Waals surface area contributed by atoms with Crippen LogP contribution in [-0.4, -0.2) is 10.7 Å². The van der Waals surface area contributed by atoms with Crippen molar-refractivity contribution in [1.29, 1.82) is 0 Å². The molecule has 0 amide bonds. The molecule has 2 aliphatic rings. The van der Waals surface area contributed by atoms with E-state index in [2.05, 4.69) is 6.92 Å². The summed E-state index contributed by atoms with van der Waals surface area (Å²) in [6, 6.07) is 0. The molecule has 1 N–H and O–H groups in total. The van der Waals surface area contributed by atoms with Crippen LogP contribution in [0.4, 0.5) is 0 Å². The van der Waals surface area contributed by atoms with Crippen molar-refractivity contribution in [3.8, 4) is 0 Å². The first-order chi connectivity index (χ1) is 5.46. The average Bonchev–Trinajstić information content (AvgIpc) is 2.79. The van der Waals surface area contributed by atoms with Gasteiger partial charge in [-0.25, -0.2) is 0 Å². The summed E-state index contributed by atoms with van der Waals surface area (Å²) in [5.41, 5.74) is -0.262. The van der Waals surface area contributed by atoms with Gasteiger partial charge in [-0.15, -0.1) is 0 Å². The molecule has 0 heterocycles. The highest BCUT2D eigenvalue weighted by Gasteiger charge is 2.57. The molecule has 0 radical (unpaired) electrons. The molecule has 0 aromatic carbocycles. The summed E-state index contributed by atoms with van der Waals surface area (Å²) >= 11 is 0. The van der Waals surface area contributed by atoms with E-state index in [-0.39, 0.29) is 5.41 Å². The summed E-state index contributed by atoms with van der Waals surface area (Å²) < 4.78 is 0. The average molecular weight is 168 g/mol. The second kappa shape index (κ2) is 2.25. The van der Waals surface area contributed by atoms with E-state index < -0.39 is 5.60 Å². The number of rotatable bonds is 3. The van der Waals surface area contributed by atoms with Crippen LogP contribution >= 0.6 is 0 Å². The molecule has 2 fully saturated rings. The summed E-state index contributed by atoms with van der Waals surface area (Å²) in [7, 11) is 0. The van der Waals surface area contributed by atoms with E-state index >= 15 is 0 Å². The Bertz CT molecular complexity index is 170. The quantitative estimate of drug-likeness (QED) is 0.686. The van der Waals surface area contributed by atoms with Crippen molar-refractivity contribution < 1.29 is 5.11 Å². The van der Waals surface area contributed by atoms with E-state index in [1.165, 1.54) is 25.7 Å². The Kier molecular flexibility index (Phi) is 1.61. The van der Waals surface area contributed by atoms with Crippen LogP contribution < -0.4 is 0 Å². The van der Waals surface area contributed by atoms with Gasteiger partial charge >= 0.3 is 0 Å². The molecular formula is C11H20O. The van der Waals surface area contributed by atoms with Gasteiger partial charge in [-0.1, -0.05) is 6.92 Å². The van der Waals surface area contributed by atoms with Gasteiger partial charge in [0.15, 0.2) is 0 Å². The van der Waals surface area contributed by atoms with Gasteiger partial charge in [-0.3, -0.25) is 0 Å². The highest BCUT2D eigenvalue weighted by atomic mass is 16.3. The first-order valence-electron chi connectivity index (χ1n) is 5.18. The molecule has 0 saturated heterocycles. The van der Waals surface area contributed by atoms with Crippen LogP contribution in [0.5, 0.6) is 0 Å². The third-order valence-corrected chi connectivity index (χ3v) is 4.17. The molecule has 0 aliphatic heterocycles. The van der Waals surface area contributed by atoms with Gasteiger partial charge in [0, 0.05) is 5.41 Å². The van der Waals surface area contributed by atoms with Gasteiger partial charge < -0.3 is 5.11 Å². The van der Waals surface area contributed by atoms with E-state index in [0.717, 1.165) is 11.8 Å². The predicted octanol–water partition coefficient (Wildman–Crippen LogP) is 2.58. The van der Waals surface area contributed by atoms with Crippen molar-refractivity contribution in [2.24, 2.45) is 17.3 Å². The zero-order chi connectivity index (χ0) is 8.98. The molecular weight excluding hydrogens is 148 g/mol. The standard InChI is InChI=1S/C11H20O/c1-10(2,12)11(3,8-4-5-8)9-6-7-9/h8-9,12H,4-7H2,1-3H3. The van der Waals surface area contributed by atoms with Gasteiger partial charge in [0.1, 0.15) is 0 Å². The van der Waals surface area contributed by atoms with Gasteiger partial charge in [0.2, 0.25) is 0 Å². The minimum absolute atomic E-state index is 0.215. The molecule has 0 bridgehead atoms. The fourth-order valence-electron chi connectivity index (χ4n) is 2.70. The second-order valence-electron chi connectivity index (χ2n) is 5.39. The third kappa shape index (κ3) is 1.10. The molecule has 0 atom stereocenters. The Labute approximate surface area is 75.2 Å². The Balaban J connectivity index is 2.20. The SMILES string of the molecule is CC(C)(O)C(C)(C1CC1)C1CC1. The van der Waals surface area contributed by atoms with Crippen molar-refractivity contribution in [1.82, 2.24) is 0 Å². The van der Waals surface area contributed by atoms with Crippen molar-refractivity contribution in [2.75, 3.05) is 0 Å². The lowest BCUT2D eigenvalue weighted by Gasteiger charge is -2.41. The zero-order valence-corrected chi connectivity index (χ0v) is 8.43. The van der Waals surface area contributed by atoms with Crippen LogP contribution in [0.2, 0.25) is 0 Å². The fourth-order valence-corrected chi connectivity index (χ4v) is 2.70. The summed E-state index contributed by atoms with van der Waals surface area (Å²) in [4.78, 5) is 0. The lowest BCUT2D eigenvalue weighted by atomic mass is 9.68. The maximum atomic E-state index is 10.2. The van der Waals surface area contributed by atoms with Crippen molar-refractivity contribution >= 4 is 0 Å². The molecule has 0 aromatic rings. The van der Waals surface area contributed by atoms with Crippen molar-refractivity contribution in [3.63, 3.8) is 0 Å². The maximum absolute atomic E-state index is 10.2. The minimum atomic E-state index is -0.477. The Morgan fingerprint density at radius 2 is 1.25 bits per heavy atom. The third-order valence-electron chi connectivity index (χ3n) is 4.17. The number of hydrogen-bond acceptors (Lipinski definition) is 1. The first-order valence-corrected chi connectivity index (χ1v) is 5.18.